The Bertz CT molecular complexity index is 333. The van der Waals surface area contributed by atoms with Gasteiger partial charge in [0.05, 0.1) is 16.6 Å². The van der Waals surface area contributed by atoms with Gasteiger partial charge in [0.25, 0.3) is 0 Å². The van der Waals surface area contributed by atoms with Gasteiger partial charge in [0.1, 0.15) is 0 Å². The van der Waals surface area contributed by atoms with Crippen molar-refractivity contribution in [1.82, 2.24) is 9.88 Å². The average Bonchev–Trinajstić information content (AvgIpc) is 2.88. The molecule has 1 N–H and O–H groups in total. The van der Waals surface area contributed by atoms with Gasteiger partial charge in [-0.1, -0.05) is 0 Å². The van der Waals surface area contributed by atoms with Crippen molar-refractivity contribution in [2.24, 2.45) is 0 Å². The highest BCUT2D eigenvalue weighted by Crippen LogP contribution is 2.14. The number of aliphatic hydroxyl groups excluding tert-OH is 1. The molecule has 0 fully saturated rings. The minimum Gasteiger partial charge on any atom is -0.396 e. The smallest absolute Gasteiger partial charge is 0.0928 e. The van der Waals surface area contributed by atoms with Gasteiger partial charge in [0.2, 0.25) is 0 Å². The van der Waals surface area contributed by atoms with Crippen LogP contribution in [0.1, 0.15) is 42.8 Å². The molecule has 0 saturated carbocycles. The average molecular weight is 305 g/mol. The summed E-state index contributed by atoms with van der Waals surface area (Å²) in [5.74, 6) is 0.521. The van der Waals surface area contributed by atoms with Crippen LogP contribution in [0.25, 0.3) is 0 Å². The zero-order valence-corrected chi connectivity index (χ0v) is 13.3. The first-order valence-electron chi connectivity index (χ1n) is 7.05. The topological polar surface area (TPSA) is 36.4 Å². The molecule has 5 heteroatoms. The van der Waals surface area contributed by atoms with Crippen LogP contribution in [0.3, 0.4) is 0 Å². The minimum absolute atomic E-state index is 0.321. The van der Waals surface area contributed by atoms with Crippen LogP contribution in [0.2, 0.25) is 0 Å². The molecule has 110 valence electrons. The van der Waals surface area contributed by atoms with Gasteiger partial charge in [-0.2, -0.15) is 0 Å². The summed E-state index contributed by atoms with van der Waals surface area (Å²) in [6, 6.07) is 0. The summed E-state index contributed by atoms with van der Waals surface area (Å²) >= 11 is 7.46. The SMILES string of the molecule is CN(CCCCCO)CCCCc1nc(CCl)cs1. The molecule has 0 amide bonds. The molecule has 0 aliphatic carbocycles. The fraction of sp³-hybridized carbons (Fsp3) is 0.786. The summed E-state index contributed by atoms with van der Waals surface area (Å²) < 4.78 is 0. The highest BCUT2D eigenvalue weighted by molar-refractivity contribution is 7.09. The highest BCUT2D eigenvalue weighted by Gasteiger charge is 2.02. The van der Waals surface area contributed by atoms with Crippen molar-refractivity contribution in [1.29, 1.82) is 0 Å². The zero-order chi connectivity index (χ0) is 13.9. The van der Waals surface area contributed by atoms with Crippen molar-refractivity contribution >= 4 is 22.9 Å². The van der Waals surface area contributed by atoms with Gasteiger partial charge in [-0.25, -0.2) is 4.98 Å². The normalized spacial score (nSPS) is 11.4. The molecular weight excluding hydrogens is 280 g/mol. The fourth-order valence-electron chi connectivity index (χ4n) is 1.97. The van der Waals surface area contributed by atoms with Gasteiger partial charge < -0.3 is 10.0 Å². The second-order valence-electron chi connectivity index (χ2n) is 4.91. The van der Waals surface area contributed by atoms with Crippen molar-refractivity contribution in [2.45, 2.75) is 44.4 Å². The predicted octanol–water partition coefficient (Wildman–Crippen LogP) is 3.30. The Labute approximate surface area is 125 Å². The number of unbranched alkanes of at least 4 members (excludes halogenated alkanes) is 3. The first kappa shape index (κ1) is 16.9. The molecule has 0 radical (unpaired) electrons. The lowest BCUT2D eigenvalue weighted by molar-refractivity contribution is 0.271. The molecule has 0 saturated heterocycles. The first-order chi connectivity index (χ1) is 9.26. The van der Waals surface area contributed by atoms with Crippen LogP contribution >= 0.6 is 22.9 Å². The fourth-order valence-corrected chi connectivity index (χ4v) is 3.03. The molecule has 1 aromatic rings. The van der Waals surface area contributed by atoms with Gasteiger partial charge in [0, 0.05) is 12.0 Å². The van der Waals surface area contributed by atoms with E-state index in [9.17, 15) is 0 Å². The maximum atomic E-state index is 8.71. The Morgan fingerprint density at radius 2 is 1.95 bits per heavy atom. The lowest BCUT2D eigenvalue weighted by Gasteiger charge is -2.15. The number of rotatable bonds is 11. The number of alkyl halides is 1. The summed E-state index contributed by atoms with van der Waals surface area (Å²) in [5, 5.41) is 12.0. The van der Waals surface area contributed by atoms with Crippen molar-refractivity contribution < 1.29 is 5.11 Å². The molecule has 1 aromatic heterocycles. The number of thiazole rings is 1. The Morgan fingerprint density at radius 3 is 2.58 bits per heavy atom. The number of aryl methyl sites for hydroxylation is 1. The molecular formula is C14H25ClN2OS. The van der Waals surface area contributed by atoms with Crippen LogP contribution in [0.5, 0.6) is 0 Å². The quantitative estimate of drug-likeness (QED) is 0.503. The molecule has 1 heterocycles. The number of aliphatic hydroxyl groups is 1. The van der Waals surface area contributed by atoms with E-state index in [-0.39, 0.29) is 0 Å². The van der Waals surface area contributed by atoms with Crippen LogP contribution in [0.4, 0.5) is 0 Å². The van der Waals surface area contributed by atoms with E-state index in [1.54, 1.807) is 11.3 Å². The molecule has 19 heavy (non-hydrogen) atoms. The standard InChI is InChI=1S/C14H25ClN2OS/c1-17(8-4-2-6-10-18)9-5-3-7-14-16-13(11-15)12-19-14/h12,18H,2-11H2,1H3. The first-order valence-corrected chi connectivity index (χ1v) is 8.46. The van der Waals surface area contributed by atoms with Crippen molar-refractivity contribution in [2.75, 3.05) is 26.7 Å². The Hall–Kier alpha value is -0.160. The van der Waals surface area contributed by atoms with Gasteiger partial charge in [-0.3, -0.25) is 0 Å². The van der Waals surface area contributed by atoms with E-state index in [4.69, 9.17) is 16.7 Å². The van der Waals surface area contributed by atoms with Crippen LogP contribution in [0, 0.1) is 0 Å². The van der Waals surface area contributed by atoms with E-state index in [0.29, 0.717) is 12.5 Å². The van der Waals surface area contributed by atoms with Crippen LogP contribution in [-0.4, -0.2) is 41.7 Å². The highest BCUT2D eigenvalue weighted by atomic mass is 35.5. The molecule has 0 bridgehead atoms. The predicted molar refractivity (Wildman–Crippen MR) is 83.0 cm³/mol. The van der Waals surface area contributed by atoms with Crippen LogP contribution < -0.4 is 0 Å². The number of aromatic nitrogens is 1. The Kier molecular flexibility index (Phi) is 9.43. The minimum atomic E-state index is 0.321. The van der Waals surface area contributed by atoms with Gasteiger partial charge in [0.15, 0.2) is 0 Å². The molecule has 0 aliphatic heterocycles. The third kappa shape index (κ3) is 7.88. The zero-order valence-electron chi connectivity index (χ0n) is 11.8. The molecule has 0 aliphatic rings. The number of nitrogens with zero attached hydrogens (tertiary/aromatic N) is 2. The summed E-state index contributed by atoms with van der Waals surface area (Å²) in [6.45, 7) is 2.60. The molecule has 0 unspecified atom stereocenters. The molecule has 0 aromatic carbocycles. The Balaban J connectivity index is 2.00. The third-order valence-electron chi connectivity index (χ3n) is 3.11. The molecule has 1 rings (SSSR count). The third-order valence-corrected chi connectivity index (χ3v) is 4.35. The summed E-state index contributed by atoms with van der Waals surface area (Å²) in [4.78, 5) is 6.84. The van der Waals surface area contributed by atoms with E-state index in [1.165, 1.54) is 24.3 Å². The van der Waals surface area contributed by atoms with Gasteiger partial charge >= 0.3 is 0 Å². The second kappa shape index (κ2) is 10.6. The number of hydrogen-bond donors (Lipinski definition) is 1. The van der Waals surface area contributed by atoms with Crippen molar-refractivity contribution in [3.63, 3.8) is 0 Å². The van der Waals surface area contributed by atoms with E-state index in [1.807, 2.05) is 0 Å². The van der Waals surface area contributed by atoms with E-state index >= 15 is 0 Å². The van der Waals surface area contributed by atoms with Crippen molar-refractivity contribution in [3.05, 3.63) is 16.1 Å². The summed E-state index contributed by atoms with van der Waals surface area (Å²) in [5.41, 5.74) is 1.00. The second-order valence-corrected chi connectivity index (χ2v) is 6.12. The molecule has 3 nitrogen and oxygen atoms in total. The molecule has 0 atom stereocenters. The lowest BCUT2D eigenvalue weighted by Crippen LogP contribution is -2.21. The number of hydrogen-bond acceptors (Lipinski definition) is 4. The molecule has 0 spiro atoms. The number of halogens is 1. The van der Waals surface area contributed by atoms with Crippen LogP contribution in [-0.2, 0) is 12.3 Å². The van der Waals surface area contributed by atoms with E-state index < -0.39 is 0 Å². The Morgan fingerprint density at radius 1 is 1.21 bits per heavy atom. The largest absolute Gasteiger partial charge is 0.396 e. The lowest BCUT2D eigenvalue weighted by atomic mass is 10.2. The van der Waals surface area contributed by atoms with E-state index in [0.717, 1.165) is 38.0 Å². The summed E-state index contributed by atoms with van der Waals surface area (Å²) in [7, 11) is 2.17. The maximum Gasteiger partial charge on any atom is 0.0928 e. The maximum absolute atomic E-state index is 8.71. The van der Waals surface area contributed by atoms with Gasteiger partial charge in [-0.05, 0) is 58.7 Å². The van der Waals surface area contributed by atoms with Crippen molar-refractivity contribution in [3.8, 4) is 0 Å². The van der Waals surface area contributed by atoms with Crippen LogP contribution in [0.15, 0.2) is 5.38 Å². The summed E-state index contributed by atoms with van der Waals surface area (Å²) in [6.07, 6.45) is 6.72. The monoisotopic (exact) mass is 304 g/mol. The van der Waals surface area contributed by atoms with Gasteiger partial charge in [-0.15, -0.1) is 22.9 Å². The van der Waals surface area contributed by atoms with E-state index in [2.05, 4.69) is 22.3 Å².